The number of urea groups is 1. The Hall–Kier alpha value is -3.22. The first-order valence-electron chi connectivity index (χ1n) is 13.7. The van der Waals surface area contributed by atoms with E-state index in [-0.39, 0.29) is 17.8 Å². The highest BCUT2D eigenvalue weighted by atomic mass is 32.1. The van der Waals surface area contributed by atoms with E-state index in [1.54, 1.807) is 54.8 Å². The molecule has 0 spiro atoms. The Morgan fingerprint density at radius 3 is 2.48 bits per heavy atom. The summed E-state index contributed by atoms with van der Waals surface area (Å²) in [5, 5.41) is 12.0. The van der Waals surface area contributed by atoms with Gasteiger partial charge in [0.05, 0.1) is 24.6 Å². The highest BCUT2D eigenvalue weighted by Gasteiger charge is 2.20. The third kappa shape index (κ3) is 10.4. The van der Waals surface area contributed by atoms with E-state index in [1.165, 1.54) is 11.3 Å². The molecule has 0 radical (unpaired) electrons. The van der Waals surface area contributed by atoms with Gasteiger partial charge >= 0.3 is 12.1 Å². The lowest BCUT2D eigenvalue weighted by Gasteiger charge is -2.29. The molecule has 2 aromatic heterocycles. The first-order chi connectivity index (χ1) is 19.0. The number of carbonyl (C=O) groups is 3. The van der Waals surface area contributed by atoms with Crippen LogP contribution in [0.5, 0.6) is 0 Å². The van der Waals surface area contributed by atoms with Crippen molar-refractivity contribution in [3.8, 4) is 0 Å². The summed E-state index contributed by atoms with van der Waals surface area (Å²) in [6.07, 6.45) is 2.71. The van der Waals surface area contributed by atoms with E-state index in [1.807, 2.05) is 13.8 Å². The summed E-state index contributed by atoms with van der Waals surface area (Å²) < 4.78 is 10.7. The quantitative estimate of drug-likeness (QED) is 0.353. The fourth-order valence-corrected chi connectivity index (χ4v) is 4.64. The third-order valence-electron chi connectivity index (χ3n) is 6.25. The molecule has 0 aliphatic carbocycles. The van der Waals surface area contributed by atoms with Crippen LogP contribution in [0.4, 0.5) is 21.0 Å². The third-order valence-corrected chi connectivity index (χ3v) is 7.00. The number of morpholine rings is 1. The van der Waals surface area contributed by atoms with Gasteiger partial charge in [-0.05, 0) is 52.2 Å². The van der Waals surface area contributed by atoms with E-state index in [0.29, 0.717) is 24.5 Å². The van der Waals surface area contributed by atoms with Gasteiger partial charge in [0.25, 0.3) is 5.91 Å². The number of carbonyl (C=O) groups excluding carboxylic acids is 3. The summed E-state index contributed by atoms with van der Waals surface area (Å²) in [6, 6.07) is 3.41. The number of hydrogen-bond donors (Lipinski definition) is 3. The molecular weight excluding hydrogens is 532 g/mol. The fourth-order valence-electron chi connectivity index (χ4n) is 3.93. The number of pyridine rings is 1. The lowest BCUT2D eigenvalue weighted by Crippen LogP contribution is -2.44. The first-order valence-corrected chi connectivity index (χ1v) is 14.7. The minimum Gasteiger partial charge on any atom is -0.444 e. The maximum Gasteiger partial charge on any atom is 0.412 e. The van der Waals surface area contributed by atoms with Crippen LogP contribution in [-0.2, 0) is 16.0 Å². The number of nitrogens with zero attached hydrogens (tertiary/aromatic N) is 3. The minimum absolute atomic E-state index is 0.0743. The normalized spacial score (nSPS) is 14.7. The molecular formula is C28H42N6O5S. The molecule has 2 aromatic rings. The molecule has 1 fully saturated rings. The molecule has 11 nitrogen and oxygen atoms in total. The second-order valence-electron chi connectivity index (χ2n) is 10.8. The van der Waals surface area contributed by atoms with Gasteiger partial charge in [0, 0.05) is 55.7 Å². The first kappa shape index (κ1) is 31.3. The zero-order valence-corrected chi connectivity index (χ0v) is 24.9. The smallest absolute Gasteiger partial charge is 0.412 e. The van der Waals surface area contributed by atoms with E-state index in [4.69, 9.17) is 9.47 Å². The van der Waals surface area contributed by atoms with Gasteiger partial charge in [0.1, 0.15) is 11.3 Å². The van der Waals surface area contributed by atoms with Crippen LogP contribution in [0.2, 0.25) is 0 Å². The lowest BCUT2D eigenvalue weighted by atomic mass is 10.2. The molecule has 3 N–H and O–H groups in total. The highest BCUT2D eigenvalue weighted by molar-refractivity contribution is 7.09. The molecule has 1 unspecified atom stereocenters. The number of rotatable bonds is 11. The fraction of sp³-hybridized carbons (Fsp3) is 0.571. The van der Waals surface area contributed by atoms with Crippen LogP contribution >= 0.6 is 11.3 Å². The maximum absolute atomic E-state index is 13.0. The standard InChI is InChI=1S/C28H42N6O5S/c1-6-20(2)30-26(36)34(11-7-10-33-12-14-38-15-13-33)17-21-8-9-22(29-16-21)25(35)31-23-18-40-19-24(23)32-27(37)39-28(3,4)5/h8-9,16,18-20H,6-7,10-15,17H2,1-5H3,(H,30,36)(H,31,35)(H,32,37). The number of hydrogen-bond acceptors (Lipinski definition) is 8. The van der Waals surface area contributed by atoms with E-state index in [9.17, 15) is 14.4 Å². The highest BCUT2D eigenvalue weighted by Crippen LogP contribution is 2.27. The average molecular weight is 575 g/mol. The molecule has 1 aliphatic heterocycles. The molecule has 12 heteroatoms. The molecule has 4 amide bonds. The van der Waals surface area contributed by atoms with Gasteiger partial charge in [-0.1, -0.05) is 13.0 Å². The van der Waals surface area contributed by atoms with Crippen molar-refractivity contribution in [3.63, 3.8) is 0 Å². The van der Waals surface area contributed by atoms with Crippen LogP contribution in [0.25, 0.3) is 0 Å². The van der Waals surface area contributed by atoms with Gasteiger partial charge in [-0.15, -0.1) is 11.3 Å². The number of aromatic nitrogens is 1. The average Bonchev–Trinajstić information content (AvgIpc) is 3.33. The predicted octanol–water partition coefficient (Wildman–Crippen LogP) is 4.77. The van der Waals surface area contributed by atoms with E-state index in [2.05, 4.69) is 25.8 Å². The van der Waals surface area contributed by atoms with Crippen molar-refractivity contribution < 1.29 is 23.9 Å². The molecule has 40 heavy (non-hydrogen) atoms. The van der Waals surface area contributed by atoms with Gasteiger partial charge < -0.3 is 25.0 Å². The van der Waals surface area contributed by atoms with Crippen LogP contribution < -0.4 is 16.0 Å². The summed E-state index contributed by atoms with van der Waals surface area (Å²) in [6.45, 7) is 14.6. The van der Waals surface area contributed by atoms with Gasteiger partial charge in [0.15, 0.2) is 0 Å². The molecule has 1 atom stereocenters. The summed E-state index contributed by atoms with van der Waals surface area (Å²) in [7, 11) is 0. The van der Waals surface area contributed by atoms with Crippen LogP contribution in [0.3, 0.4) is 0 Å². The Kier molecular flexibility index (Phi) is 11.7. The van der Waals surface area contributed by atoms with Crippen LogP contribution in [0.1, 0.15) is 63.5 Å². The van der Waals surface area contributed by atoms with E-state index < -0.39 is 17.6 Å². The summed E-state index contributed by atoms with van der Waals surface area (Å²) in [5.41, 5.74) is 1.32. The summed E-state index contributed by atoms with van der Waals surface area (Å²) in [4.78, 5) is 46.5. The van der Waals surface area contributed by atoms with Crippen LogP contribution in [-0.4, -0.2) is 83.9 Å². The van der Waals surface area contributed by atoms with Crippen molar-refractivity contribution in [2.45, 2.75) is 65.6 Å². The van der Waals surface area contributed by atoms with Gasteiger partial charge in [-0.2, -0.15) is 0 Å². The Bertz CT molecular complexity index is 1110. The number of anilines is 2. The predicted molar refractivity (Wildman–Crippen MR) is 157 cm³/mol. The zero-order chi connectivity index (χ0) is 29.1. The van der Waals surface area contributed by atoms with Crippen molar-refractivity contribution in [1.29, 1.82) is 0 Å². The largest absolute Gasteiger partial charge is 0.444 e. The second-order valence-corrected chi connectivity index (χ2v) is 11.6. The Morgan fingerprint density at radius 2 is 1.85 bits per heavy atom. The van der Waals surface area contributed by atoms with Crippen molar-refractivity contribution >= 4 is 40.7 Å². The monoisotopic (exact) mass is 574 g/mol. The van der Waals surface area contributed by atoms with E-state index in [0.717, 1.165) is 51.3 Å². The molecule has 3 heterocycles. The molecule has 1 aliphatic rings. The Labute approximate surface area is 240 Å². The molecule has 3 rings (SSSR count). The molecule has 220 valence electrons. The number of nitrogens with one attached hydrogen (secondary N) is 3. The van der Waals surface area contributed by atoms with E-state index >= 15 is 0 Å². The number of thiophene rings is 1. The maximum atomic E-state index is 13.0. The van der Waals surface area contributed by atoms with Gasteiger partial charge in [-0.25, -0.2) is 9.59 Å². The molecule has 0 bridgehead atoms. The Morgan fingerprint density at radius 1 is 1.15 bits per heavy atom. The minimum atomic E-state index is -0.636. The topological polar surface area (TPSA) is 125 Å². The van der Waals surface area contributed by atoms with Crippen molar-refractivity contribution in [2.24, 2.45) is 0 Å². The van der Waals surface area contributed by atoms with Gasteiger partial charge in [-0.3, -0.25) is 20.0 Å². The van der Waals surface area contributed by atoms with Gasteiger partial charge in [0.2, 0.25) is 0 Å². The number of ether oxygens (including phenoxy) is 2. The molecule has 0 aromatic carbocycles. The summed E-state index contributed by atoms with van der Waals surface area (Å²) >= 11 is 1.34. The second kappa shape index (κ2) is 15.0. The van der Waals surface area contributed by atoms with Crippen molar-refractivity contribution in [2.75, 3.05) is 50.0 Å². The van der Waals surface area contributed by atoms with Crippen LogP contribution in [0.15, 0.2) is 29.1 Å². The Balaban J connectivity index is 1.59. The zero-order valence-electron chi connectivity index (χ0n) is 24.1. The van der Waals surface area contributed by atoms with Crippen molar-refractivity contribution in [1.82, 2.24) is 20.1 Å². The molecule has 1 saturated heterocycles. The lowest BCUT2D eigenvalue weighted by molar-refractivity contribution is 0.0364. The molecule has 0 saturated carbocycles. The summed E-state index contributed by atoms with van der Waals surface area (Å²) in [5.74, 6) is -0.408. The van der Waals surface area contributed by atoms with Crippen molar-refractivity contribution in [3.05, 3.63) is 40.3 Å². The SMILES string of the molecule is CCC(C)NC(=O)N(CCCN1CCOCC1)Cc1ccc(C(=O)Nc2cscc2NC(=O)OC(C)(C)C)nc1. The van der Waals surface area contributed by atoms with Crippen LogP contribution in [0, 0.1) is 0 Å². The number of amides is 4.